The van der Waals surface area contributed by atoms with E-state index in [0.717, 1.165) is 11.3 Å². The number of rotatable bonds is 5. The summed E-state index contributed by atoms with van der Waals surface area (Å²) in [6, 6.07) is 6.91. The Bertz CT molecular complexity index is 611. The van der Waals surface area contributed by atoms with E-state index in [1.807, 2.05) is 11.4 Å². The number of benzene rings is 1. The first kappa shape index (κ1) is 13.7. The normalized spacial score (nSPS) is 11.9. The molecule has 1 heterocycles. The van der Waals surface area contributed by atoms with Gasteiger partial charge in [0.25, 0.3) is 11.7 Å². The van der Waals surface area contributed by atoms with E-state index in [2.05, 4.69) is 4.98 Å². The molecule has 98 valence electrons. The minimum Gasteiger partial charge on any atom is -0.457 e. The van der Waals surface area contributed by atoms with Crippen LogP contribution < -0.4 is 0 Å². The molecular formula is C13H10ClNO3S. The molecule has 0 radical (unpaired) electrons. The number of halogens is 1. The summed E-state index contributed by atoms with van der Waals surface area (Å²) in [5, 5.41) is 2.04. The summed E-state index contributed by atoms with van der Waals surface area (Å²) in [7, 11) is 0. The summed E-state index contributed by atoms with van der Waals surface area (Å²) in [4.78, 5) is 25.8. The monoisotopic (exact) mass is 295 g/mol. The standard InChI is InChI=1S/C13H10ClNO3S/c1-8(18-7-16)13-15-11(6-19-13)9-3-2-4-10(5-9)12(14)17/h2-8H,1H3. The van der Waals surface area contributed by atoms with Gasteiger partial charge in [0.1, 0.15) is 5.01 Å². The fraction of sp³-hybridized carbons (Fsp3) is 0.154. The van der Waals surface area contributed by atoms with Crippen LogP contribution in [0.5, 0.6) is 0 Å². The van der Waals surface area contributed by atoms with Gasteiger partial charge in [-0.05, 0) is 24.6 Å². The molecule has 1 unspecified atom stereocenters. The Balaban J connectivity index is 2.30. The summed E-state index contributed by atoms with van der Waals surface area (Å²) >= 11 is 6.84. The van der Waals surface area contributed by atoms with Gasteiger partial charge < -0.3 is 4.74 Å². The Hall–Kier alpha value is -1.72. The molecule has 4 nitrogen and oxygen atoms in total. The Morgan fingerprint density at radius 1 is 1.53 bits per heavy atom. The second kappa shape index (κ2) is 5.95. The van der Waals surface area contributed by atoms with Crippen LogP contribution in [0.2, 0.25) is 0 Å². The molecule has 0 spiro atoms. The Labute approximate surface area is 119 Å². The molecule has 1 atom stereocenters. The van der Waals surface area contributed by atoms with Crippen LogP contribution in [0.25, 0.3) is 11.3 Å². The fourth-order valence-electron chi connectivity index (χ4n) is 1.55. The van der Waals surface area contributed by atoms with Gasteiger partial charge in [-0.1, -0.05) is 18.2 Å². The molecule has 1 aromatic heterocycles. The van der Waals surface area contributed by atoms with Gasteiger partial charge in [-0.25, -0.2) is 4.98 Å². The maximum Gasteiger partial charge on any atom is 0.293 e. The van der Waals surface area contributed by atoms with Crippen molar-refractivity contribution in [2.75, 3.05) is 0 Å². The van der Waals surface area contributed by atoms with Crippen molar-refractivity contribution in [1.29, 1.82) is 0 Å². The van der Waals surface area contributed by atoms with Crippen LogP contribution >= 0.6 is 22.9 Å². The first-order valence-electron chi connectivity index (χ1n) is 5.46. The number of thiazole rings is 1. The number of carbonyl (C=O) groups excluding carboxylic acids is 2. The molecule has 0 aliphatic carbocycles. The molecule has 0 aliphatic heterocycles. The summed E-state index contributed by atoms with van der Waals surface area (Å²) in [5.41, 5.74) is 1.94. The molecular weight excluding hydrogens is 286 g/mol. The highest BCUT2D eigenvalue weighted by Crippen LogP contribution is 2.27. The lowest BCUT2D eigenvalue weighted by molar-refractivity contribution is -0.133. The van der Waals surface area contributed by atoms with Crippen LogP contribution in [0.3, 0.4) is 0 Å². The van der Waals surface area contributed by atoms with E-state index >= 15 is 0 Å². The molecule has 2 aromatic rings. The Morgan fingerprint density at radius 3 is 3.00 bits per heavy atom. The molecule has 19 heavy (non-hydrogen) atoms. The van der Waals surface area contributed by atoms with Gasteiger partial charge in [-0.2, -0.15) is 0 Å². The van der Waals surface area contributed by atoms with Crippen molar-refractivity contribution in [3.8, 4) is 11.3 Å². The Morgan fingerprint density at radius 2 is 2.32 bits per heavy atom. The fourth-order valence-corrected chi connectivity index (χ4v) is 2.49. The highest BCUT2D eigenvalue weighted by Gasteiger charge is 2.12. The van der Waals surface area contributed by atoms with Crippen LogP contribution in [0.1, 0.15) is 28.4 Å². The van der Waals surface area contributed by atoms with Gasteiger partial charge in [0.05, 0.1) is 5.69 Å². The first-order chi connectivity index (χ1) is 9.11. The van der Waals surface area contributed by atoms with Crippen LogP contribution in [0.15, 0.2) is 29.6 Å². The van der Waals surface area contributed by atoms with E-state index in [9.17, 15) is 9.59 Å². The summed E-state index contributed by atoms with van der Waals surface area (Å²) < 4.78 is 4.83. The van der Waals surface area contributed by atoms with E-state index < -0.39 is 5.24 Å². The zero-order chi connectivity index (χ0) is 13.8. The molecule has 0 saturated heterocycles. The maximum absolute atomic E-state index is 11.1. The molecule has 0 saturated carbocycles. The molecule has 0 bridgehead atoms. The molecule has 0 N–H and O–H groups in total. The molecule has 1 aromatic carbocycles. The SMILES string of the molecule is CC(OC=O)c1nc(-c2cccc(C(=O)Cl)c2)cs1. The van der Waals surface area contributed by atoms with E-state index in [0.29, 0.717) is 17.0 Å². The second-order valence-corrected chi connectivity index (χ2v) is 5.03. The lowest BCUT2D eigenvalue weighted by Gasteiger charge is -2.04. The predicted octanol–water partition coefficient (Wildman–Crippen LogP) is 3.42. The van der Waals surface area contributed by atoms with Gasteiger partial charge in [-0.3, -0.25) is 9.59 Å². The molecule has 0 fully saturated rings. The van der Waals surface area contributed by atoms with Gasteiger partial charge >= 0.3 is 0 Å². The van der Waals surface area contributed by atoms with Gasteiger partial charge in [-0.15, -0.1) is 11.3 Å². The van der Waals surface area contributed by atoms with E-state index in [4.69, 9.17) is 16.3 Å². The zero-order valence-electron chi connectivity index (χ0n) is 10.00. The van der Waals surface area contributed by atoms with Crippen molar-refractivity contribution in [3.05, 3.63) is 40.2 Å². The topological polar surface area (TPSA) is 56.3 Å². The quantitative estimate of drug-likeness (QED) is 0.626. The molecule has 2 rings (SSSR count). The smallest absolute Gasteiger partial charge is 0.293 e. The van der Waals surface area contributed by atoms with E-state index in [-0.39, 0.29) is 6.10 Å². The number of carbonyl (C=O) groups is 2. The highest BCUT2D eigenvalue weighted by molar-refractivity contribution is 7.10. The van der Waals surface area contributed by atoms with Crippen molar-refractivity contribution in [1.82, 2.24) is 4.98 Å². The summed E-state index contributed by atoms with van der Waals surface area (Å²) in [6.07, 6.45) is -0.380. The predicted molar refractivity (Wildman–Crippen MR) is 73.3 cm³/mol. The third-order valence-electron chi connectivity index (χ3n) is 2.51. The number of aromatic nitrogens is 1. The number of ether oxygens (including phenoxy) is 1. The lowest BCUT2D eigenvalue weighted by atomic mass is 10.1. The Kier molecular flexibility index (Phi) is 4.29. The van der Waals surface area contributed by atoms with Crippen molar-refractivity contribution >= 4 is 34.7 Å². The van der Waals surface area contributed by atoms with Crippen LogP contribution in [-0.4, -0.2) is 16.7 Å². The first-order valence-corrected chi connectivity index (χ1v) is 6.72. The number of hydrogen-bond donors (Lipinski definition) is 0. The molecule has 6 heteroatoms. The minimum atomic E-state index is -0.505. The van der Waals surface area contributed by atoms with Crippen molar-refractivity contribution in [3.63, 3.8) is 0 Å². The van der Waals surface area contributed by atoms with Gasteiger partial charge in [0.2, 0.25) is 0 Å². The van der Waals surface area contributed by atoms with Gasteiger partial charge in [0.15, 0.2) is 6.10 Å². The van der Waals surface area contributed by atoms with Crippen molar-refractivity contribution in [2.24, 2.45) is 0 Å². The van der Waals surface area contributed by atoms with Crippen LogP contribution in [0.4, 0.5) is 0 Å². The third kappa shape index (κ3) is 3.19. The zero-order valence-corrected chi connectivity index (χ0v) is 11.6. The van der Waals surface area contributed by atoms with Crippen molar-refractivity contribution < 1.29 is 14.3 Å². The average molecular weight is 296 g/mol. The van der Waals surface area contributed by atoms with E-state index in [1.54, 1.807) is 25.1 Å². The maximum atomic E-state index is 11.1. The third-order valence-corrected chi connectivity index (χ3v) is 3.74. The van der Waals surface area contributed by atoms with Crippen molar-refractivity contribution in [2.45, 2.75) is 13.0 Å². The largest absolute Gasteiger partial charge is 0.457 e. The minimum absolute atomic E-state index is 0.380. The van der Waals surface area contributed by atoms with Gasteiger partial charge in [0, 0.05) is 16.5 Å². The van der Waals surface area contributed by atoms with E-state index in [1.165, 1.54) is 11.3 Å². The van der Waals surface area contributed by atoms with Crippen LogP contribution in [-0.2, 0) is 9.53 Å². The highest BCUT2D eigenvalue weighted by atomic mass is 35.5. The number of hydrogen-bond acceptors (Lipinski definition) is 5. The van der Waals surface area contributed by atoms with Crippen LogP contribution in [0, 0.1) is 0 Å². The number of nitrogens with zero attached hydrogens (tertiary/aromatic N) is 1. The summed E-state index contributed by atoms with van der Waals surface area (Å²) in [6.45, 7) is 2.15. The molecule has 0 aliphatic rings. The average Bonchev–Trinajstić information content (AvgIpc) is 2.89. The second-order valence-electron chi connectivity index (χ2n) is 3.80. The lowest BCUT2D eigenvalue weighted by Crippen LogP contribution is -1.97. The summed E-state index contributed by atoms with van der Waals surface area (Å²) in [5.74, 6) is 0. The molecule has 0 amide bonds.